The molecule has 1 atom stereocenters. The Hall–Kier alpha value is -1.34. The van der Waals surface area contributed by atoms with Crippen LogP contribution < -0.4 is 5.32 Å². The number of rotatable bonds is 4. The highest BCUT2D eigenvalue weighted by Gasteiger charge is 2.26. The van der Waals surface area contributed by atoms with Crippen LogP contribution in [0.1, 0.15) is 12.8 Å². The molecule has 1 rings (SSSR count). The first kappa shape index (κ1) is 14.7. The van der Waals surface area contributed by atoms with Gasteiger partial charge in [-0.15, -0.1) is 0 Å². The molecule has 0 bridgehead atoms. The van der Waals surface area contributed by atoms with Gasteiger partial charge >= 0.3 is 12.0 Å². The van der Waals surface area contributed by atoms with Crippen LogP contribution in [0, 0.1) is 0 Å². The SMILES string of the molecule is CN(C)C1CCN(C(=O)N[C@H](CO)C(=O)O)CC1. The number of urea groups is 1. The second kappa shape index (κ2) is 6.55. The molecule has 1 saturated heterocycles. The Kier molecular flexibility index (Phi) is 5.36. The minimum atomic E-state index is -1.23. The van der Waals surface area contributed by atoms with Crippen LogP contribution >= 0.6 is 0 Å². The molecule has 0 spiro atoms. The first-order valence-corrected chi connectivity index (χ1v) is 6.01. The summed E-state index contributed by atoms with van der Waals surface area (Å²) in [7, 11) is 4.01. The van der Waals surface area contributed by atoms with Crippen LogP contribution in [0.25, 0.3) is 0 Å². The number of nitrogens with zero attached hydrogens (tertiary/aromatic N) is 2. The van der Waals surface area contributed by atoms with Crippen LogP contribution in [-0.2, 0) is 4.79 Å². The molecule has 0 radical (unpaired) electrons. The normalized spacial score (nSPS) is 18.8. The van der Waals surface area contributed by atoms with E-state index in [-0.39, 0.29) is 0 Å². The number of nitrogens with one attached hydrogen (secondary N) is 1. The van der Waals surface area contributed by atoms with Crippen molar-refractivity contribution in [2.24, 2.45) is 0 Å². The highest BCUT2D eigenvalue weighted by Crippen LogP contribution is 2.14. The Morgan fingerprint density at radius 2 is 1.94 bits per heavy atom. The molecular formula is C11H21N3O4. The minimum Gasteiger partial charge on any atom is -0.480 e. The average molecular weight is 259 g/mol. The maximum absolute atomic E-state index is 11.8. The molecule has 0 aliphatic carbocycles. The smallest absolute Gasteiger partial charge is 0.328 e. The number of likely N-dealkylation sites (tertiary alicyclic amines) is 1. The van der Waals surface area contributed by atoms with E-state index in [1.165, 1.54) is 0 Å². The maximum atomic E-state index is 11.8. The molecule has 1 aliphatic rings. The molecule has 0 unspecified atom stereocenters. The molecule has 0 aromatic heterocycles. The van der Waals surface area contributed by atoms with Crippen LogP contribution in [0.4, 0.5) is 4.79 Å². The number of carbonyl (C=O) groups excluding carboxylic acids is 1. The molecular weight excluding hydrogens is 238 g/mol. The van der Waals surface area contributed by atoms with Gasteiger partial charge in [-0.2, -0.15) is 0 Å². The zero-order chi connectivity index (χ0) is 13.7. The van der Waals surface area contributed by atoms with Crippen molar-refractivity contribution >= 4 is 12.0 Å². The third-order valence-electron chi connectivity index (χ3n) is 3.26. The Morgan fingerprint density at radius 1 is 1.39 bits per heavy atom. The lowest BCUT2D eigenvalue weighted by Gasteiger charge is -2.35. The highest BCUT2D eigenvalue weighted by atomic mass is 16.4. The lowest BCUT2D eigenvalue weighted by atomic mass is 10.0. The van der Waals surface area contributed by atoms with E-state index in [0.29, 0.717) is 19.1 Å². The largest absolute Gasteiger partial charge is 0.480 e. The topological polar surface area (TPSA) is 93.1 Å². The molecule has 1 fully saturated rings. The molecule has 3 N–H and O–H groups in total. The first-order valence-electron chi connectivity index (χ1n) is 6.01. The van der Waals surface area contributed by atoms with Gasteiger partial charge in [0.25, 0.3) is 0 Å². The molecule has 18 heavy (non-hydrogen) atoms. The van der Waals surface area contributed by atoms with E-state index in [0.717, 1.165) is 12.8 Å². The van der Waals surface area contributed by atoms with Crippen molar-refractivity contribution < 1.29 is 19.8 Å². The van der Waals surface area contributed by atoms with Crippen LogP contribution in [0.3, 0.4) is 0 Å². The molecule has 1 heterocycles. The number of aliphatic hydroxyl groups excluding tert-OH is 1. The van der Waals surface area contributed by atoms with E-state index in [1.807, 2.05) is 14.1 Å². The summed E-state index contributed by atoms with van der Waals surface area (Å²) in [5.74, 6) is -1.23. The maximum Gasteiger partial charge on any atom is 0.328 e. The van der Waals surface area contributed by atoms with Crippen LogP contribution in [0.2, 0.25) is 0 Å². The van der Waals surface area contributed by atoms with Gasteiger partial charge in [0.15, 0.2) is 6.04 Å². The zero-order valence-electron chi connectivity index (χ0n) is 10.8. The number of carboxylic acid groups (broad SMARTS) is 1. The van der Waals surface area contributed by atoms with Crippen molar-refractivity contribution in [1.29, 1.82) is 0 Å². The minimum absolute atomic E-state index is 0.423. The number of hydrogen-bond donors (Lipinski definition) is 3. The zero-order valence-corrected chi connectivity index (χ0v) is 10.8. The third-order valence-corrected chi connectivity index (χ3v) is 3.26. The molecule has 0 saturated carbocycles. The summed E-state index contributed by atoms with van der Waals surface area (Å²) < 4.78 is 0. The van der Waals surface area contributed by atoms with Gasteiger partial charge in [-0.25, -0.2) is 9.59 Å². The van der Waals surface area contributed by atoms with Gasteiger partial charge in [0.1, 0.15) is 0 Å². The quantitative estimate of drug-likeness (QED) is 0.612. The lowest BCUT2D eigenvalue weighted by Crippen LogP contribution is -2.53. The summed E-state index contributed by atoms with van der Waals surface area (Å²) >= 11 is 0. The fourth-order valence-electron chi connectivity index (χ4n) is 2.01. The molecule has 0 aromatic carbocycles. The predicted molar refractivity (Wildman–Crippen MR) is 65.3 cm³/mol. The number of hydrogen-bond acceptors (Lipinski definition) is 4. The van der Waals surface area contributed by atoms with E-state index in [4.69, 9.17) is 10.2 Å². The number of aliphatic carboxylic acids is 1. The van der Waals surface area contributed by atoms with Crippen molar-refractivity contribution in [3.8, 4) is 0 Å². The van der Waals surface area contributed by atoms with E-state index in [9.17, 15) is 9.59 Å². The molecule has 1 aliphatic heterocycles. The van der Waals surface area contributed by atoms with Gasteiger partial charge in [-0.3, -0.25) is 0 Å². The van der Waals surface area contributed by atoms with Gasteiger partial charge in [0, 0.05) is 19.1 Å². The predicted octanol–water partition coefficient (Wildman–Crippen LogP) is -0.832. The fraction of sp³-hybridized carbons (Fsp3) is 0.818. The molecule has 0 aromatic rings. The van der Waals surface area contributed by atoms with Gasteiger partial charge in [0.05, 0.1) is 6.61 Å². The summed E-state index contributed by atoms with van der Waals surface area (Å²) in [6, 6.07) is -1.19. The van der Waals surface area contributed by atoms with E-state index < -0.39 is 24.6 Å². The van der Waals surface area contributed by atoms with Crippen molar-refractivity contribution in [3.63, 3.8) is 0 Å². The Labute approximate surface area is 106 Å². The average Bonchev–Trinajstić information content (AvgIpc) is 2.35. The van der Waals surface area contributed by atoms with Crippen LogP contribution in [0.15, 0.2) is 0 Å². The fourth-order valence-corrected chi connectivity index (χ4v) is 2.01. The number of amides is 2. The summed E-state index contributed by atoms with van der Waals surface area (Å²) in [4.78, 5) is 26.2. The van der Waals surface area contributed by atoms with Crippen LogP contribution in [-0.4, -0.2) is 77.9 Å². The van der Waals surface area contributed by atoms with Gasteiger partial charge in [-0.1, -0.05) is 0 Å². The Balaban J connectivity index is 2.42. The van der Waals surface area contributed by atoms with Crippen molar-refractivity contribution in [3.05, 3.63) is 0 Å². The van der Waals surface area contributed by atoms with Crippen molar-refractivity contribution in [2.75, 3.05) is 33.8 Å². The second-order valence-corrected chi connectivity index (χ2v) is 4.70. The highest BCUT2D eigenvalue weighted by molar-refractivity contribution is 5.82. The summed E-state index contributed by atoms with van der Waals surface area (Å²) in [5, 5.41) is 19.9. The Morgan fingerprint density at radius 3 is 2.33 bits per heavy atom. The number of carboxylic acids is 1. The standard InChI is InChI=1S/C11H21N3O4/c1-13(2)8-3-5-14(6-4-8)11(18)12-9(7-15)10(16)17/h8-9,15H,3-7H2,1-2H3,(H,12,18)(H,16,17)/t9-/m1/s1. The molecule has 2 amide bonds. The summed E-state index contributed by atoms with van der Waals surface area (Å²) in [6.45, 7) is 0.605. The Bertz CT molecular complexity index is 301. The van der Waals surface area contributed by atoms with E-state index in [1.54, 1.807) is 4.90 Å². The first-order chi connectivity index (χ1) is 8.45. The summed E-state index contributed by atoms with van der Waals surface area (Å²) in [6.07, 6.45) is 1.74. The number of aliphatic hydroxyl groups is 1. The van der Waals surface area contributed by atoms with Gasteiger partial charge in [-0.05, 0) is 26.9 Å². The monoisotopic (exact) mass is 259 g/mol. The van der Waals surface area contributed by atoms with Crippen molar-refractivity contribution in [1.82, 2.24) is 15.1 Å². The lowest BCUT2D eigenvalue weighted by molar-refractivity contribution is -0.140. The second-order valence-electron chi connectivity index (χ2n) is 4.70. The third kappa shape index (κ3) is 3.85. The van der Waals surface area contributed by atoms with E-state index >= 15 is 0 Å². The number of carbonyl (C=O) groups is 2. The van der Waals surface area contributed by atoms with Crippen molar-refractivity contribution in [2.45, 2.75) is 24.9 Å². The van der Waals surface area contributed by atoms with Crippen LogP contribution in [0.5, 0.6) is 0 Å². The molecule has 7 heteroatoms. The van der Waals surface area contributed by atoms with E-state index in [2.05, 4.69) is 10.2 Å². The molecule has 7 nitrogen and oxygen atoms in total. The number of piperidine rings is 1. The molecule has 104 valence electrons. The van der Waals surface area contributed by atoms with Gasteiger partial charge in [0.2, 0.25) is 0 Å². The van der Waals surface area contributed by atoms with Gasteiger partial charge < -0.3 is 25.3 Å². The summed E-state index contributed by atoms with van der Waals surface area (Å²) in [5.41, 5.74) is 0.